The third-order valence-electron chi connectivity index (χ3n) is 13.8. The second kappa shape index (κ2) is 60.3. The Balaban J connectivity index is 4.06. The van der Waals surface area contributed by atoms with Gasteiger partial charge in [0.05, 0.1) is 27.7 Å². The number of ether oxygens (including phenoxy) is 2. The minimum Gasteiger partial charge on any atom is -0.756 e. The molecule has 0 bridgehead atoms. The van der Waals surface area contributed by atoms with Crippen molar-refractivity contribution >= 4 is 19.8 Å². The Morgan fingerprint density at radius 1 is 0.388 bits per heavy atom. The molecule has 0 aromatic carbocycles. The first-order chi connectivity index (χ1) is 39.0. The van der Waals surface area contributed by atoms with Crippen molar-refractivity contribution in [1.82, 2.24) is 0 Å². The Hall–Kier alpha value is -3.33. The first-order valence-electron chi connectivity index (χ1n) is 32.6. The zero-order chi connectivity index (χ0) is 58.4. The van der Waals surface area contributed by atoms with Crippen LogP contribution in [0.3, 0.4) is 0 Å². The largest absolute Gasteiger partial charge is 0.756 e. The Labute approximate surface area is 493 Å². The summed E-state index contributed by atoms with van der Waals surface area (Å²) < 4.78 is 34.2. The summed E-state index contributed by atoms with van der Waals surface area (Å²) >= 11 is 0. The van der Waals surface area contributed by atoms with E-state index in [4.69, 9.17) is 18.5 Å². The highest BCUT2D eigenvalue weighted by atomic mass is 31.2. The molecule has 0 aliphatic rings. The van der Waals surface area contributed by atoms with E-state index >= 15 is 0 Å². The molecule has 0 spiro atoms. The van der Waals surface area contributed by atoms with Gasteiger partial charge >= 0.3 is 11.9 Å². The lowest BCUT2D eigenvalue weighted by atomic mass is 10.0. The Bertz CT molecular complexity index is 1720. The fourth-order valence-electron chi connectivity index (χ4n) is 8.85. The Kier molecular flexibility index (Phi) is 57.8. The maximum Gasteiger partial charge on any atom is 0.306 e. The van der Waals surface area contributed by atoms with Crippen LogP contribution in [-0.4, -0.2) is 70.0 Å². The SMILES string of the molecule is CC/C=C\C/C=C\C/C=C\C/C=C\C/C=C\CCCCCCCCCC(=O)OC(COC(=O)CCCCCCCCCCCCCCCCCCCCCC/C=C\C/C=C\C/C=C\C/C=C\CC)COP(=O)([O-])OCC[N+](C)(C)C. The first kappa shape index (κ1) is 76.7. The van der Waals surface area contributed by atoms with E-state index in [2.05, 4.69) is 123 Å². The molecular weight excluding hydrogens is 1010 g/mol. The van der Waals surface area contributed by atoms with E-state index in [1.54, 1.807) is 0 Å². The van der Waals surface area contributed by atoms with Crippen LogP contribution in [0.5, 0.6) is 0 Å². The number of phosphoric acid groups is 1. The zero-order valence-electron chi connectivity index (χ0n) is 52.2. The van der Waals surface area contributed by atoms with E-state index in [0.29, 0.717) is 17.4 Å². The highest BCUT2D eigenvalue weighted by Gasteiger charge is 2.22. The van der Waals surface area contributed by atoms with Gasteiger partial charge in [-0.15, -0.1) is 0 Å². The molecule has 9 nitrogen and oxygen atoms in total. The first-order valence-corrected chi connectivity index (χ1v) is 34.1. The van der Waals surface area contributed by atoms with Gasteiger partial charge in [-0.2, -0.15) is 0 Å². The number of allylic oxidation sites excluding steroid dienone is 18. The number of rotatable bonds is 59. The molecule has 0 heterocycles. The number of esters is 2. The minimum atomic E-state index is -4.65. The van der Waals surface area contributed by atoms with Gasteiger partial charge in [0.2, 0.25) is 0 Å². The lowest BCUT2D eigenvalue weighted by molar-refractivity contribution is -0.870. The molecule has 80 heavy (non-hydrogen) atoms. The molecule has 0 aromatic rings. The van der Waals surface area contributed by atoms with Gasteiger partial charge in [-0.05, 0) is 96.3 Å². The molecule has 0 aliphatic carbocycles. The molecule has 0 fully saturated rings. The highest BCUT2D eigenvalue weighted by Crippen LogP contribution is 2.38. The third kappa shape index (κ3) is 63.8. The van der Waals surface area contributed by atoms with Crippen molar-refractivity contribution in [3.05, 3.63) is 109 Å². The molecule has 10 heteroatoms. The molecule has 0 radical (unpaired) electrons. The van der Waals surface area contributed by atoms with Crippen LogP contribution in [0.15, 0.2) is 109 Å². The summed E-state index contributed by atoms with van der Waals surface area (Å²) in [5.74, 6) is -0.843. The van der Waals surface area contributed by atoms with E-state index in [1.807, 2.05) is 21.1 Å². The minimum absolute atomic E-state index is 0.0370. The second-order valence-corrected chi connectivity index (χ2v) is 24.1. The fraction of sp³-hybridized carbons (Fsp3) is 0.714. The van der Waals surface area contributed by atoms with Gasteiger partial charge in [0.1, 0.15) is 19.8 Å². The predicted molar refractivity (Wildman–Crippen MR) is 342 cm³/mol. The van der Waals surface area contributed by atoms with Gasteiger partial charge in [0.15, 0.2) is 6.10 Å². The number of phosphoric ester groups is 1. The van der Waals surface area contributed by atoms with Crippen molar-refractivity contribution in [2.24, 2.45) is 0 Å². The van der Waals surface area contributed by atoms with E-state index in [1.165, 1.54) is 135 Å². The summed E-state index contributed by atoms with van der Waals surface area (Å²) in [5, 5.41) is 0. The Morgan fingerprint density at radius 3 is 1.00 bits per heavy atom. The average molecular weight is 1140 g/mol. The van der Waals surface area contributed by atoms with Crippen LogP contribution in [0.25, 0.3) is 0 Å². The van der Waals surface area contributed by atoms with Gasteiger partial charge in [0.25, 0.3) is 7.82 Å². The Morgan fingerprint density at radius 2 is 0.675 bits per heavy atom. The number of quaternary nitrogens is 1. The number of carbonyl (C=O) groups is 2. The summed E-state index contributed by atoms with van der Waals surface area (Å²) in [6.45, 7) is 4.02. The van der Waals surface area contributed by atoms with E-state index in [-0.39, 0.29) is 32.0 Å². The molecule has 460 valence electrons. The van der Waals surface area contributed by atoms with Crippen LogP contribution in [-0.2, 0) is 32.7 Å². The molecule has 0 saturated carbocycles. The predicted octanol–water partition coefficient (Wildman–Crippen LogP) is 20.3. The average Bonchev–Trinajstić information content (AvgIpc) is 3.42. The van der Waals surface area contributed by atoms with Crippen molar-refractivity contribution in [1.29, 1.82) is 0 Å². The van der Waals surface area contributed by atoms with Gasteiger partial charge in [0, 0.05) is 12.8 Å². The van der Waals surface area contributed by atoms with Gasteiger partial charge < -0.3 is 27.9 Å². The van der Waals surface area contributed by atoms with Crippen LogP contribution < -0.4 is 4.89 Å². The number of nitrogens with zero attached hydrogens (tertiary/aromatic N) is 1. The number of hydrogen-bond donors (Lipinski definition) is 0. The number of unbranched alkanes of at least 4 members (excludes halogenated alkanes) is 27. The lowest BCUT2D eigenvalue weighted by Crippen LogP contribution is -2.37. The van der Waals surface area contributed by atoms with Crippen LogP contribution in [0, 0.1) is 0 Å². The summed E-state index contributed by atoms with van der Waals surface area (Å²) in [7, 11) is 1.15. The lowest BCUT2D eigenvalue weighted by Gasteiger charge is -2.28. The highest BCUT2D eigenvalue weighted by molar-refractivity contribution is 7.45. The van der Waals surface area contributed by atoms with Crippen molar-refractivity contribution < 1.29 is 42.1 Å². The number of carbonyl (C=O) groups excluding carboxylic acids is 2. The standard InChI is InChI=1S/C70H122NO8P/c1-6-8-10-12-14-16-18-20-22-24-26-28-30-31-32-33-34-35-36-37-38-39-41-42-44-46-48-50-52-54-56-58-60-62-69(72)76-66-68(67-78-80(74,75)77-65-64-71(3,4)5)79-70(73)63-61-59-57-55-53-51-49-47-45-43-40-29-27-25-23-21-19-17-15-13-11-9-7-2/h8-11,14-17,20-23,26-29,43,45,68H,6-7,12-13,18-19,24-25,30-42,44,46-67H2,1-5H3/b10-8-,11-9-,16-14-,17-15-,22-20-,23-21-,28-26-,29-27-,45-43-. The maximum atomic E-state index is 12.8. The van der Waals surface area contributed by atoms with E-state index < -0.39 is 26.5 Å². The molecule has 0 aliphatic heterocycles. The molecule has 0 rings (SSSR count). The molecule has 0 amide bonds. The van der Waals surface area contributed by atoms with Crippen molar-refractivity contribution in [2.45, 2.75) is 277 Å². The zero-order valence-corrected chi connectivity index (χ0v) is 53.1. The van der Waals surface area contributed by atoms with Gasteiger partial charge in [-0.25, -0.2) is 0 Å². The number of likely N-dealkylation sites (N-methyl/N-ethyl adjacent to an activating group) is 1. The summed E-state index contributed by atoms with van der Waals surface area (Å²) in [6, 6.07) is 0. The normalized spacial score (nSPS) is 13.9. The summed E-state index contributed by atoms with van der Waals surface area (Å²) in [6.07, 6.45) is 84.4. The topological polar surface area (TPSA) is 111 Å². The quantitative estimate of drug-likeness (QED) is 0.0195. The second-order valence-electron chi connectivity index (χ2n) is 22.7. The van der Waals surface area contributed by atoms with Crippen LogP contribution in [0.4, 0.5) is 0 Å². The van der Waals surface area contributed by atoms with Crippen molar-refractivity contribution in [3.63, 3.8) is 0 Å². The molecular formula is C70H122NO8P. The molecule has 2 atom stereocenters. The van der Waals surface area contributed by atoms with E-state index in [9.17, 15) is 19.0 Å². The van der Waals surface area contributed by atoms with Gasteiger partial charge in [-0.3, -0.25) is 14.2 Å². The maximum absolute atomic E-state index is 12.8. The third-order valence-corrected chi connectivity index (χ3v) is 14.8. The van der Waals surface area contributed by atoms with Crippen molar-refractivity contribution in [3.8, 4) is 0 Å². The fourth-order valence-corrected chi connectivity index (χ4v) is 9.58. The molecule has 0 saturated heterocycles. The van der Waals surface area contributed by atoms with Crippen LogP contribution >= 0.6 is 7.82 Å². The monoisotopic (exact) mass is 1140 g/mol. The number of hydrogen-bond acceptors (Lipinski definition) is 8. The van der Waals surface area contributed by atoms with Crippen LogP contribution in [0.1, 0.15) is 271 Å². The van der Waals surface area contributed by atoms with E-state index in [0.717, 1.165) is 103 Å². The summed E-state index contributed by atoms with van der Waals surface area (Å²) in [5.41, 5.74) is 0. The van der Waals surface area contributed by atoms with Gasteiger partial charge in [-0.1, -0.05) is 271 Å². The molecule has 2 unspecified atom stereocenters. The summed E-state index contributed by atoms with van der Waals surface area (Å²) in [4.78, 5) is 38.0. The smallest absolute Gasteiger partial charge is 0.306 e. The van der Waals surface area contributed by atoms with Crippen LogP contribution in [0.2, 0.25) is 0 Å². The molecule has 0 aromatic heterocycles. The molecule has 0 N–H and O–H groups in total. The van der Waals surface area contributed by atoms with Crippen molar-refractivity contribution in [2.75, 3.05) is 47.5 Å².